The molecule has 0 aliphatic heterocycles. The Hall–Kier alpha value is -1.87. The molecule has 4 heteroatoms. The summed E-state index contributed by atoms with van der Waals surface area (Å²) in [6, 6.07) is 14.6. The fraction of sp³-hybridized carbons (Fsp3) is 0.0714. The quantitative estimate of drug-likeness (QED) is 0.840. The third kappa shape index (κ3) is 3.08. The van der Waals surface area contributed by atoms with Gasteiger partial charge in [-0.3, -0.25) is 4.79 Å². The number of amides is 1. The molecule has 0 fully saturated rings. The van der Waals surface area contributed by atoms with Crippen LogP contribution in [0.2, 0.25) is 0 Å². The van der Waals surface area contributed by atoms with Crippen LogP contribution in [0.25, 0.3) is 0 Å². The minimum atomic E-state index is -0.767. The van der Waals surface area contributed by atoms with Crippen molar-refractivity contribution in [1.29, 1.82) is 0 Å². The standard InChI is InChI=1S/C14H11ClFNO/c15-13(10-4-2-1-3-5-10)14(18)17-12-8-6-11(16)7-9-12/h1-9,13H,(H,17,18). The van der Waals surface area contributed by atoms with E-state index in [0.717, 1.165) is 5.56 Å². The van der Waals surface area contributed by atoms with Gasteiger partial charge in [-0.25, -0.2) is 4.39 Å². The number of carbonyl (C=O) groups is 1. The summed E-state index contributed by atoms with van der Waals surface area (Å²) in [4.78, 5) is 11.9. The van der Waals surface area contributed by atoms with E-state index < -0.39 is 5.38 Å². The lowest BCUT2D eigenvalue weighted by atomic mass is 10.1. The van der Waals surface area contributed by atoms with Crippen LogP contribution < -0.4 is 5.32 Å². The normalized spacial score (nSPS) is 11.9. The van der Waals surface area contributed by atoms with Gasteiger partial charge in [0.15, 0.2) is 0 Å². The molecule has 0 aromatic heterocycles. The van der Waals surface area contributed by atoms with E-state index in [1.165, 1.54) is 24.3 Å². The second-order valence-electron chi connectivity index (χ2n) is 3.77. The van der Waals surface area contributed by atoms with E-state index in [0.29, 0.717) is 5.69 Å². The van der Waals surface area contributed by atoms with Crippen LogP contribution in [0.5, 0.6) is 0 Å². The van der Waals surface area contributed by atoms with Crippen molar-refractivity contribution in [2.24, 2.45) is 0 Å². The molecule has 92 valence electrons. The molecule has 2 nitrogen and oxygen atoms in total. The first kappa shape index (κ1) is 12.6. The monoisotopic (exact) mass is 263 g/mol. The molecular formula is C14H11ClFNO. The number of nitrogens with one attached hydrogen (secondary N) is 1. The van der Waals surface area contributed by atoms with Gasteiger partial charge in [-0.05, 0) is 29.8 Å². The van der Waals surface area contributed by atoms with Crippen LogP contribution in [-0.2, 0) is 4.79 Å². The Labute approximate surface area is 109 Å². The van der Waals surface area contributed by atoms with Gasteiger partial charge in [0.1, 0.15) is 11.2 Å². The summed E-state index contributed by atoms with van der Waals surface area (Å²) in [5.74, 6) is -0.687. The molecule has 0 heterocycles. The van der Waals surface area contributed by atoms with Crippen molar-refractivity contribution in [2.75, 3.05) is 5.32 Å². The number of carbonyl (C=O) groups excluding carboxylic acids is 1. The van der Waals surface area contributed by atoms with E-state index in [4.69, 9.17) is 11.6 Å². The summed E-state index contributed by atoms with van der Waals surface area (Å²) >= 11 is 6.05. The predicted molar refractivity (Wildman–Crippen MR) is 70.1 cm³/mol. The lowest BCUT2D eigenvalue weighted by Crippen LogP contribution is -2.17. The van der Waals surface area contributed by atoms with E-state index in [9.17, 15) is 9.18 Å². The largest absolute Gasteiger partial charge is 0.325 e. The fourth-order valence-corrected chi connectivity index (χ4v) is 1.71. The average molecular weight is 264 g/mol. The van der Waals surface area contributed by atoms with Gasteiger partial charge in [-0.15, -0.1) is 11.6 Å². The van der Waals surface area contributed by atoms with Gasteiger partial charge in [-0.1, -0.05) is 30.3 Å². The number of benzene rings is 2. The number of halogens is 2. The first-order chi connectivity index (χ1) is 8.66. The fourth-order valence-electron chi connectivity index (χ4n) is 1.51. The minimum Gasteiger partial charge on any atom is -0.325 e. The van der Waals surface area contributed by atoms with E-state index >= 15 is 0 Å². The number of anilines is 1. The topological polar surface area (TPSA) is 29.1 Å². The van der Waals surface area contributed by atoms with Crippen molar-refractivity contribution in [3.8, 4) is 0 Å². The summed E-state index contributed by atoms with van der Waals surface area (Å²) in [6.45, 7) is 0. The molecule has 1 unspecified atom stereocenters. The first-order valence-electron chi connectivity index (χ1n) is 5.42. The smallest absolute Gasteiger partial charge is 0.246 e. The SMILES string of the molecule is O=C(Nc1ccc(F)cc1)C(Cl)c1ccccc1. The molecule has 0 spiro atoms. The van der Waals surface area contributed by atoms with E-state index in [2.05, 4.69) is 5.32 Å². The Morgan fingerprint density at radius 1 is 1.06 bits per heavy atom. The zero-order valence-corrected chi connectivity index (χ0v) is 10.2. The summed E-state index contributed by atoms with van der Waals surface area (Å²) in [6.07, 6.45) is 0. The Balaban J connectivity index is 2.06. The number of alkyl halides is 1. The third-order valence-electron chi connectivity index (χ3n) is 2.43. The zero-order chi connectivity index (χ0) is 13.0. The molecule has 0 aliphatic rings. The van der Waals surface area contributed by atoms with Crippen molar-refractivity contribution in [1.82, 2.24) is 0 Å². The Morgan fingerprint density at radius 2 is 1.67 bits per heavy atom. The highest BCUT2D eigenvalue weighted by Crippen LogP contribution is 2.22. The van der Waals surface area contributed by atoms with Gasteiger partial charge in [0.2, 0.25) is 5.91 Å². The maximum atomic E-state index is 12.7. The number of rotatable bonds is 3. The van der Waals surface area contributed by atoms with E-state index in [1.54, 1.807) is 12.1 Å². The maximum absolute atomic E-state index is 12.7. The molecule has 0 bridgehead atoms. The highest BCUT2D eigenvalue weighted by molar-refractivity contribution is 6.32. The van der Waals surface area contributed by atoms with Crippen LogP contribution in [0.3, 0.4) is 0 Å². The van der Waals surface area contributed by atoms with Crippen molar-refractivity contribution >= 4 is 23.2 Å². The Bertz CT molecular complexity index is 527. The van der Waals surface area contributed by atoms with Gasteiger partial charge in [-0.2, -0.15) is 0 Å². The van der Waals surface area contributed by atoms with Crippen molar-refractivity contribution in [3.63, 3.8) is 0 Å². The van der Waals surface area contributed by atoms with Crippen LogP contribution in [0.1, 0.15) is 10.9 Å². The molecule has 1 amide bonds. The second kappa shape index (κ2) is 5.65. The molecule has 2 aromatic rings. The molecule has 18 heavy (non-hydrogen) atoms. The molecule has 2 rings (SSSR count). The van der Waals surface area contributed by atoms with Crippen molar-refractivity contribution in [2.45, 2.75) is 5.38 Å². The molecule has 1 N–H and O–H groups in total. The summed E-state index contributed by atoms with van der Waals surface area (Å²) < 4.78 is 12.7. The molecule has 0 saturated heterocycles. The summed E-state index contributed by atoms with van der Waals surface area (Å²) in [5, 5.41) is 1.86. The lowest BCUT2D eigenvalue weighted by Gasteiger charge is -2.10. The molecule has 1 atom stereocenters. The Kier molecular flexibility index (Phi) is 3.95. The van der Waals surface area contributed by atoms with Crippen LogP contribution in [0.4, 0.5) is 10.1 Å². The van der Waals surface area contributed by atoms with Gasteiger partial charge in [0.25, 0.3) is 0 Å². The predicted octanol–water partition coefficient (Wildman–Crippen LogP) is 3.74. The number of hydrogen-bond donors (Lipinski definition) is 1. The number of hydrogen-bond acceptors (Lipinski definition) is 1. The summed E-state index contributed by atoms with van der Waals surface area (Å²) in [7, 11) is 0. The van der Waals surface area contributed by atoms with E-state index in [1.807, 2.05) is 18.2 Å². The highest BCUT2D eigenvalue weighted by atomic mass is 35.5. The van der Waals surface area contributed by atoms with Gasteiger partial charge >= 0.3 is 0 Å². The maximum Gasteiger partial charge on any atom is 0.246 e. The summed E-state index contributed by atoms with van der Waals surface area (Å²) in [5.41, 5.74) is 1.24. The molecule has 0 saturated carbocycles. The highest BCUT2D eigenvalue weighted by Gasteiger charge is 2.17. The zero-order valence-electron chi connectivity index (χ0n) is 9.44. The van der Waals surface area contributed by atoms with Crippen LogP contribution in [-0.4, -0.2) is 5.91 Å². The van der Waals surface area contributed by atoms with Crippen molar-refractivity contribution < 1.29 is 9.18 Å². The second-order valence-corrected chi connectivity index (χ2v) is 4.21. The molecular weight excluding hydrogens is 253 g/mol. The van der Waals surface area contributed by atoms with Crippen LogP contribution >= 0.6 is 11.6 Å². The van der Waals surface area contributed by atoms with Crippen LogP contribution in [0.15, 0.2) is 54.6 Å². The van der Waals surface area contributed by atoms with E-state index in [-0.39, 0.29) is 11.7 Å². The first-order valence-corrected chi connectivity index (χ1v) is 5.86. The van der Waals surface area contributed by atoms with Gasteiger partial charge < -0.3 is 5.32 Å². The molecule has 0 radical (unpaired) electrons. The van der Waals surface area contributed by atoms with Crippen LogP contribution in [0, 0.1) is 5.82 Å². The lowest BCUT2D eigenvalue weighted by molar-refractivity contribution is -0.116. The van der Waals surface area contributed by atoms with Crippen molar-refractivity contribution in [3.05, 3.63) is 66.0 Å². The Morgan fingerprint density at radius 3 is 2.28 bits per heavy atom. The minimum absolute atomic E-state index is 0.338. The third-order valence-corrected chi connectivity index (χ3v) is 2.88. The molecule has 2 aromatic carbocycles. The van der Waals surface area contributed by atoms with Gasteiger partial charge in [0.05, 0.1) is 0 Å². The average Bonchev–Trinajstić information content (AvgIpc) is 2.41. The van der Waals surface area contributed by atoms with Gasteiger partial charge in [0, 0.05) is 5.69 Å². The molecule has 0 aliphatic carbocycles.